The van der Waals surface area contributed by atoms with Crippen LogP contribution in [0, 0.1) is 0 Å². The lowest BCUT2D eigenvalue weighted by atomic mass is 10.1. The number of anilines is 1. The topological polar surface area (TPSA) is 54.0 Å². The van der Waals surface area contributed by atoms with E-state index in [2.05, 4.69) is 15.6 Å². The molecule has 4 nitrogen and oxygen atoms in total. The Kier molecular flexibility index (Phi) is 4.19. The van der Waals surface area contributed by atoms with E-state index in [1.807, 2.05) is 12.3 Å². The first-order chi connectivity index (χ1) is 9.81. The number of hydrogen-bond acceptors (Lipinski definition) is 3. The summed E-state index contributed by atoms with van der Waals surface area (Å²) in [6, 6.07) is 2.84. The van der Waals surface area contributed by atoms with Crippen LogP contribution in [0.15, 0.2) is 18.5 Å². The number of carbonyl (C=O) groups is 1. The predicted molar refractivity (Wildman–Crippen MR) is 79.8 cm³/mol. The lowest BCUT2D eigenvalue weighted by Crippen LogP contribution is -2.26. The molecule has 2 fully saturated rings. The number of nitrogens with zero attached hydrogens (tertiary/aromatic N) is 1. The Morgan fingerprint density at radius 3 is 2.45 bits per heavy atom. The van der Waals surface area contributed by atoms with Crippen molar-refractivity contribution < 1.29 is 4.79 Å². The molecule has 2 saturated carbocycles. The van der Waals surface area contributed by atoms with Crippen LogP contribution in [0.2, 0.25) is 0 Å². The lowest BCUT2D eigenvalue weighted by molar-refractivity contribution is 0.0950. The monoisotopic (exact) mass is 273 g/mol. The molecule has 2 N–H and O–H groups in total. The van der Waals surface area contributed by atoms with Crippen molar-refractivity contribution in [3.8, 4) is 0 Å². The highest BCUT2D eigenvalue weighted by atomic mass is 16.1. The Morgan fingerprint density at radius 1 is 1.00 bits per heavy atom. The van der Waals surface area contributed by atoms with Crippen LogP contribution in [0.3, 0.4) is 0 Å². The quantitative estimate of drug-likeness (QED) is 0.829. The summed E-state index contributed by atoms with van der Waals surface area (Å²) in [4.78, 5) is 16.2. The SMILES string of the molecule is O=C(NC1CC1)c1cncc(NC2CCCCCC2)c1. The largest absolute Gasteiger partial charge is 0.381 e. The molecular formula is C16H23N3O. The van der Waals surface area contributed by atoms with Gasteiger partial charge in [-0.25, -0.2) is 0 Å². The maximum atomic E-state index is 12.0. The van der Waals surface area contributed by atoms with Crippen molar-refractivity contribution in [3.05, 3.63) is 24.0 Å². The van der Waals surface area contributed by atoms with Crippen molar-refractivity contribution in [2.75, 3.05) is 5.32 Å². The average Bonchev–Trinajstić information content (AvgIpc) is 3.27. The van der Waals surface area contributed by atoms with Gasteiger partial charge in [-0.3, -0.25) is 9.78 Å². The maximum Gasteiger partial charge on any atom is 0.253 e. The Morgan fingerprint density at radius 2 is 1.75 bits per heavy atom. The number of pyridine rings is 1. The van der Waals surface area contributed by atoms with Crippen molar-refractivity contribution in [1.82, 2.24) is 10.3 Å². The molecular weight excluding hydrogens is 250 g/mol. The summed E-state index contributed by atoms with van der Waals surface area (Å²) >= 11 is 0. The molecule has 0 aliphatic heterocycles. The molecule has 1 heterocycles. The summed E-state index contributed by atoms with van der Waals surface area (Å²) < 4.78 is 0. The first-order valence-corrected chi connectivity index (χ1v) is 7.84. The van der Waals surface area contributed by atoms with Crippen LogP contribution in [0.25, 0.3) is 0 Å². The molecule has 1 aromatic rings. The number of aromatic nitrogens is 1. The van der Waals surface area contributed by atoms with Gasteiger partial charge in [0, 0.05) is 24.5 Å². The Bertz CT molecular complexity index is 463. The van der Waals surface area contributed by atoms with Gasteiger partial charge in [-0.05, 0) is 31.7 Å². The molecule has 0 bridgehead atoms. The molecule has 3 rings (SSSR count). The second-order valence-electron chi connectivity index (χ2n) is 6.04. The Balaban J connectivity index is 1.62. The molecule has 0 unspecified atom stereocenters. The Hall–Kier alpha value is -1.58. The summed E-state index contributed by atoms with van der Waals surface area (Å²) in [5.74, 6) is 0.00418. The highest BCUT2D eigenvalue weighted by Gasteiger charge is 2.24. The molecule has 0 atom stereocenters. The van der Waals surface area contributed by atoms with Crippen molar-refractivity contribution in [3.63, 3.8) is 0 Å². The van der Waals surface area contributed by atoms with Crippen molar-refractivity contribution in [1.29, 1.82) is 0 Å². The third-order valence-corrected chi connectivity index (χ3v) is 4.14. The van der Waals surface area contributed by atoms with Gasteiger partial charge in [0.2, 0.25) is 0 Å². The third-order valence-electron chi connectivity index (χ3n) is 4.14. The van der Waals surface area contributed by atoms with Crippen molar-refractivity contribution in [2.24, 2.45) is 0 Å². The molecule has 20 heavy (non-hydrogen) atoms. The van der Waals surface area contributed by atoms with Crippen molar-refractivity contribution >= 4 is 11.6 Å². The van der Waals surface area contributed by atoms with Gasteiger partial charge < -0.3 is 10.6 Å². The third kappa shape index (κ3) is 3.71. The van der Waals surface area contributed by atoms with Crippen LogP contribution < -0.4 is 10.6 Å². The number of rotatable bonds is 4. The van der Waals surface area contributed by atoms with Gasteiger partial charge in [-0.15, -0.1) is 0 Å². The second-order valence-corrected chi connectivity index (χ2v) is 6.04. The smallest absolute Gasteiger partial charge is 0.253 e. The van der Waals surface area contributed by atoms with Crippen molar-refractivity contribution in [2.45, 2.75) is 63.5 Å². The van der Waals surface area contributed by atoms with E-state index < -0.39 is 0 Å². The molecule has 0 aromatic carbocycles. The van der Waals surface area contributed by atoms with Crippen LogP contribution in [-0.2, 0) is 0 Å². The van der Waals surface area contributed by atoms with E-state index in [0.717, 1.165) is 18.5 Å². The zero-order valence-corrected chi connectivity index (χ0v) is 11.9. The minimum Gasteiger partial charge on any atom is -0.381 e. The molecule has 0 radical (unpaired) electrons. The molecule has 1 aromatic heterocycles. The molecule has 2 aliphatic rings. The zero-order valence-electron chi connectivity index (χ0n) is 11.9. The molecule has 1 amide bonds. The van der Waals surface area contributed by atoms with E-state index in [0.29, 0.717) is 17.6 Å². The molecule has 4 heteroatoms. The fourth-order valence-corrected chi connectivity index (χ4v) is 2.80. The van der Waals surface area contributed by atoms with E-state index in [-0.39, 0.29) is 5.91 Å². The summed E-state index contributed by atoms with van der Waals surface area (Å²) in [5, 5.41) is 6.55. The van der Waals surface area contributed by atoms with Gasteiger partial charge in [0.25, 0.3) is 5.91 Å². The highest BCUT2D eigenvalue weighted by molar-refractivity contribution is 5.95. The van der Waals surface area contributed by atoms with Crippen LogP contribution in [0.1, 0.15) is 61.7 Å². The van der Waals surface area contributed by atoms with E-state index in [9.17, 15) is 4.79 Å². The van der Waals surface area contributed by atoms with E-state index in [1.54, 1.807) is 6.20 Å². The number of amides is 1. The van der Waals surface area contributed by atoms with Gasteiger partial charge in [0.1, 0.15) is 0 Å². The fraction of sp³-hybridized carbons (Fsp3) is 0.625. The highest BCUT2D eigenvalue weighted by Crippen LogP contribution is 2.22. The molecule has 0 spiro atoms. The number of carbonyl (C=O) groups excluding carboxylic acids is 1. The van der Waals surface area contributed by atoms with Crippen LogP contribution in [0.5, 0.6) is 0 Å². The molecule has 0 saturated heterocycles. The standard InChI is InChI=1S/C16H23N3O/c20-16(19-14-7-8-14)12-9-15(11-17-10-12)18-13-5-3-1-2-4-6-13/h9-11,13-14,18H,1-8H2,(H,19,20). The van der Waals surface area contributed by atoms with E-state index >= 15 is 0 Å². The molecule has 108 valence electrons. The zero-order chi connectivity index (χ0) is 13.8. The average molecular weight is 273 g/mol. The predicted octanol–water partition coefficient (Wildman–Crippen LogP) is 3.11. The van der Waals surface area contributed by atoms with Gasteiger partial charge in [-0.2, -0.15) is 0 Å². The van der Waals surface area contributed by atoms with Crippen LogP contribution >= 0.6 is 0 Å². The summed E-state index contributed by atoms with van der Waals surface area (Å²) in [5.41, 5.74) is 1.64. The first kappa shape index (κ1) is 13.4. The normalized spacial score (nSPS) is 20.2. The fourth-order valence-electron chi connectivity index (χ4n) is 2.80. The minimum atomic E-state index is 0.00418. The van der Waals surface area contributed by atoms with Gasteiger partial charge in [0.05, 0.1) is 11.3 Å². The lowest BCUT2D eigenvalue weighted by Gasteiger charge is -2.17. The van der Waals surface area contributed by atoms with E-state index in [4.69, 9.17) is 0 Å². The maximum absolute atomic E-state index is 12.0. The summed E-state index contributed by atoms with van der Waals surface area (Å²) in [6.45, 7) is 0. The van der Waals surface area contributed by atoms with Crippen LogP contribution in [0.4, 0.5) is 5.69 Å². The first-order valence-electron chi connectivity index (χ1n) is 7.84. The van der Waals surface area contributed by atoms with Crippen LogP contribution in [-0.4, -0.2) is 23.0 Å². The second kappa shape index (κ2) is 6.25. The number of nitrogens with one attached hydrogen (secondary N) is 2. The number of hydrogen-bond donors (Lipinski definition) is 2. The summed E-state index contributed by atoms with van der Waals surface area (Å²) in [6.07, 6.45) is 13.4. The Labute approximate surface area is 120 Å². The van der Waals surface area contributed by atoms with Gasteiger partial charge in [0.15, 0.2) is 0 Å². The minimum absolute atomic E-state index is 0.00418. The summed E-state index contributed by atoms with van der Waals surface area (Å²) in [7, 11) is 0. The van der Waals surface area contributed by atoms with Gasteiger partial charge in [-0.1, -0.05) is 25.7 Å². The molecule has 2 aliphatic carbocycles. The van der Waals surface area contributed by atoms with E-state index in [1.165, 1.54) is 38.5 Å². The van der Waals surface area contributed by atoms with Gasteiger partial charge >= 0.3 is 0 Å².